The van der Waals surface area contributed by atoms with Gasteiger partial charge < -0.3 is 10.6 Å². The molecule has 9 heteroatoms. The van der Waals surface area contributed by atoms with E-state index in [0.29, 0.717) is 37.8 Å². The van der Waals surface area contributed by atoms with Crippen molar-refractivity contribution in [3.63, 3.8) is 0 Å². The number of anilines is 1. The topological polar surface area (TPSA) is 77.6 Å². The Morgan fingerprint density at radius 3 is 2.35 bits per heavy atom. The predicted molar refractivity (Wildman–Crippen MR) is 152 cm³/mol. The molecule has 1 saturated heterocycles. The zero-order valence-electron chi connectivity index (χ0n) is 20.4. The van der Waals surface area contributed by atoms with Crippen LogP contribution >= 0.6 is 12.2 Å². The van der Waals surface area contributed by atoms with Crippen LogP contribution in [0.5, 0.6) is 0 Å². The van der Waals surface area contributed by atoms with Crippen molar-refractivity contribution in [1.82, 2.24) is 19.5 Å². The molecule has 1 aliphatic heterocycles. The van der Waals surface area contributed by atoms with Crippen molar-refractivity contribution in [3.05, 3.63) is 102 Å². The Hall–Kier alpha value is -3.37. The minimum atomic E-state index is -3.56. The van der Waals surface area contributed by atoms with E-state index in [1.165, 1.54) is 16.3 Å². The SMILES string of the molecule is O=S(=O)(c1ccc(NC(=S)NCc2cccnc2)cc1)N1CCN(Cc2ccc3ccccc3c2)CC1. The lowest BCUT2D eigenvalue weighted by molar-refractivity contribution is 0.181. The van der Waals surface area contributed by atoms with Gasteiger partial charge in [0.1, 0.15) is 0 Å². The van der Waals surface area contributed by atoms with E-state index in [4.69, 9.17) is 12.2 Å². The van der Waals surface area contributed by atoms with Gasteiger partial charge in [-0.15, -0.1) is 0 Å². The molecule has 0 unspecified atom stereocenters. The first kappa shape index (κ1) is 25.3. The third-order valence-electron chi connectivity index (χ3n) is 6.48. The number of nitrogens with zero attached hydrogens (tertiary/aromatic N) is 3. The van der Waals surface area contributed by atoms with E-state index < -0.39 is 10.0 Å². The van der Waals surface area contributed by atoms with Gasteiger partial charge in [0.05, 0.1) is 4.90 Å². The fraction of sp³-hybridized carbons (Fsp3) is 0.214. The molecule has 4 aromatic rings. The van der Waals surface area contributed by atoms with Crippen molar-refractivity contribution >= 4 is 43.8 Å². The van der Waals surface area contributed by atoms with Crippen LogP contribution in [0.15, 0.2) is 96.2 Å². The summed E-state index contributed by atoms with van der Waals surface area (Å²) >= 11 is 5.35. The molecule has 0 spiro atoms. The molecule has 2 N–H and O–H groups in total. The normalized spacial score (nSPS) is 14.9. The zero-order valence-corrected chi connectivity index (χ0v) is 22.0. The first-order valence-electron chi connectivity index (χ1n) is 12.2. The van der Waals surface area contributed by atoms with Crippen LogP contribution in [0, 0.1) is 0 Å². The highest BCUT2D eigenvalue weighted by Crippen LogP contribution is 2.22. The van der Waals surface area contributed by atoms with Crippen LogP contribution in [0.2, 0.25) is 0 Å². The molecule has 5 rings (SSSR count). The number of rotatable bonds is 7. The Kier molecular flexibility index (Phi) is 7.76. The molecule has 0 aliphatic carbocycles. The summed E-state index contributed by atoms with van der Waals surface area (Å²) in [5, 5.41) is 9.13. The molecule has 1 aliphatic rings. The van der Waals surface area contributed by atoms with E-state index in [1.54, 1.807) is 41.0 Å². The van der Waals surface area contributed by atoms with E-state index >= 15 is 0 Å². The summed E-state index contributed by atoms with van der Waals surface area (Å²) in [7, 11) is -3.56. The summed E-state index contributed by atoms with van der Waals surface area (Å²) in [6, 6.07) is 25.4. The van der Waals surface area contributed by atoms with Crippen LogP contribution in [-0.4, -0.2) is 53.9 Å². The summed E-state index contributed by atoms with van der Waals surface area (Å²) < 4.78 is 28.0. The van der Waals surface area contributed by atoms with Gasteiger partial charge in [-0.3, -0.25) is 9.88 Å². The van der Waals surface area contributed by atoms with Crippen LogP contribution in [0.25, 0.3) is 10.8 Å². The Bertz CT molecular complexity index is 1470. The third-order valence-corrected chi connectivity index (χ3v) is 8.64. The van der Waals surface area contributed by atoms with E-state index in [0.717, 1.165) is 17.8 Å². The van der Waals surface area contributed by atoms with Crippen molar-refractivity contribution in [2.75, 3.05) is 31.5 Å². The smallest absolute Gasteiger partial charge is 0.243 e. The second-order valence-corrected chi connectivity index (χ2v) is 11.4. The maximum Gasteiger partial charge on any atom is 0.243 e. The molecule has 1 fully saturated rings. The first-order chi connectivity index (χ1) is 18.0. The van der Waals surface area contributed by atoms with Crippen LogP contribution in [0.3, 0.4) is 0 Å². The van der Waals surface area contributed by atoms with Crippen LogP contribution < -0.4 is 10.6 Å². The molecule has 190 valence electrons. The summed E-state index contributed by atoms with van der Waals surface area (Å²) in [4.78, 5) is 6.68. The minimum Gasteiger partial charge on any atom is -0.358 e. The fourth-order valence-corrected chi connectivity index (χ4v) is 6.06. The monoisotopic (exact) mass is 531 g/mol. The average molecular weight is 532 g/mol. The highest BCUT2D eigenvalue weighted by Gasteiger charge is 2.28. The number of aromatic nitrogens is 1. The molecule has 37 heavy (non-hydrogen) atoms. The second kappa shape index (κ2) is 11.4. The number of thiocarbonyl (C=S) groups is 1. The molecule has 3 aromatic carbocycles. The number of hydrogen-bond donors (Lipinski definition) is 2. The van der Waals surface area contributed by atoms with Gasteiger partial charge in [-0.25, -0.2) is 8.42 Å². The summed E-state index contributed by atoms with van der Waals surface area (Å²) in [6.45, 7) is 3.70. The molecular weight excluding hydrogens is 502 g/mol. The number of piperazine rings is 1. The lowest BCUT2D eigenvalue weighted by Crippen LogP contribution is -2.48. The van der Waals surface area contributed by atoms with E-state index in [9.17, 15) is 8.42 Å². The Morgan fingerprint density at radius 2 is 1.62 bits per heavy atom. The lowest BCUT2D eigenvalue weighted by Gasteiger charge is -2.34. The minimum absolute atomic E-state index is 0.287. The maximum absolute atomic E-state index is 13.2. The highest BCUT2D eigenvalue weighted by molar-refractivity contribution is 7.89. The van der Waals surface area contributed by atoms with Gasteiger partial charge in [-0.2, -0.15) is 4.31 Å². The molecule has 0 saturated carbocycles. The first-order valence-corrected chi connectivity index (χ1v) is 14.1. The highest BCUT2D eigenvalue weighted by atomic mass is 32.2. The predicted octanol–water partition coefficient (Wildman–Crippen LogP) is 4.23. The van der Waals surface area contributed by atoms with Gasteiger partial charge in [-0.05, 0) is 70.5 Å². The standard InChI is InChI=1S/C28H29N5O2S2/c34-37(35,27-11-9-26(10-12-27)31-28(36)30-20-23-4-3-13-29-19-23)33-16-14-32(15-17-33)21-22-7-8-24-5-1-2-6-25(24)18-22/h1-13,18-19H,14-17,20-21H2,(H2,30,31,36). The van der Waals surface area contributed by atoms with Gasteiger partial charge in [-0.1, -0.05) is 42.5 Å². The van der Waals surface area contributed by atoms with Crippen molar-refractivity contribution in [2.24, 2.45) is 0 Å². The van der Waals surface area contributed by atoms with Crippen molar-refractivity contribution in [2.45, 2.75) is 18.0 Å². The van der Waals surface area contributed by atoms with E-state index in [-0.39, 0.29) is 4.90 Å². The molecule has 0 radical (unpaired) electrons. The van der Waals surface area contributed by atoms with E-state index in [1.807, 2.05) is 24.3 Å². The number of benzene rings is 3. The summed E-state index contributed by atoms with van der Waals surface area (Å²) in [5.41, 5.74) is 2.99. The Balaban J connectivity index is 1.13. The molecule has 0 bridgehead atoms. The molecule has 0 amide bonds. The van der Waals surface area contributed by atoms with Crippen LogP contribution in [0.1, 0.15) is 11.1 Å². The van der Waals surface area contributed by atoms with Crippen molar-refractivity contribution in [1.29, 1.82) is 0 Å². The average Bonchev–Trinajstić information content (AvgIpc) is 2.93. The largest absolute Gasteiger partial charge is 0.358 e. The fourth-order valence-electron chi connectivity index (χ4n) is 4.44. The zero-order chi connectivity index (χ0) is 25.7. The van der Waals surface area contributed by atoms with Gasteiger partial charge >= 0.3 is 0 Å². The van der Waals surface area contributed by atoms with Crippen LogP contribution in [-0.2, 0) is 23.1 Å². The second-order valence-electron chi connectivity index (χ2n) is 9.06. The number of sulfonamides is 1. The van der Waals surface area contributed by atoms with Gasteiger partial charge in [0, 0.05) is 57.3 Å². The number of hydrogen-bond acceptors (Lipinski definition) is 5. The van der Waals surface area contributed by atoms with Crippen LogP contribution in [0.4, 0.5) is 5.69 Å². The van der Waals surface area contributed by atoms with E-state index in [2.05, 4.69) is 50.8 Å². The van der Waals surface area contributed by atoms with Crippen molar-refractivity contribution in [3.8, 4) is 0 Å². The van der Waals surface area contributed by atoms with Gasteiger partial charge in [0.15, 0.2) is 5.11 Å². The molecular formula is C28H29N5O2S2. The quantitative estimate of drug-likeness (QED) is 0.346. The van der Waals surface area contributed by atoms with Gasteiger partial charge in [0.25, 0.3) is 0 Å². The van der Waals surface area contributed by atoms with Crippen molar-refractivity contribution < 1.29 is 8.42 Å². The number of nitrogens with one attached hydrogen (secondary N) is 2. The molecule has 7 nitrogen and oxygen atoms in total. The number of fused-ring (bicyclic) bond motifs is 1. The molecule has 0 atom stereocenters. The third kappa shape index (κ3) is 6.31. The Morgan fingerprint density at radius 1 is 0.865 bits per heavy atom. The number of pyridine rings is 1. The molecule has 2 heterocycles. The summed E-state index contributed by atoms with van der Waals surface area (Å²) in [5.74, 6) is 0. The van der Waals surface area contributed by atoms with Gasteiger partial charge in [0.2, 0.25) is 10.0 Å². The molecule has 1 aromatic heterocycles. The lowest BCUT2D eigenvalue weighted by atomic mass is 10.1. The summed E-state index contributed by atoms with van der Waals surface area (Å²) in [6.07, 6.45) is 3.50. The Labute approximate surface area is 223 Å². The maximum atomic E-state index is 13.2.